The number of carboxylic acids is 1. The quantitative estimate of drug-likeness (QED) is 0.869. The summed E-state index contributed by atoms with van der Waals surface area (Å²) in [6.07, 6.45) is 6.21. The van der Waals surface area contributed by atoms with E-state index in [4.69, 9.17) is 9.84 Å². The highest BCUT2D eigenvalue weighted by Gasteiger charge is 2.28. The van der Waals surface area contributed by atoms with Crippen LogP contribution in [0.4, 0.5) is 0 Å². The third-order valence-corrected chi connectivity index (χ3v) is 4.50. The average molecular weight is 331 g/mol. The number of nitrogens with zero attached hydrogens (tertiary/aromatic N) is 3. The molecular weight excluding hydrogens is 310 g/mol. The Labute approximate surface area is 139 Å². The molecule has 128 valence electrons. The van der Waals surface area contributed by atoms with Crippen LogP contribution in [0.15, 0.2) is 24.5 Å². The smallest absolute Gasteiger partial charge is 0.306 e. The van der Waals surface area contributed by atoms with Gasteiger partial charge in [0.05, 0.1) is 42.4 Å². The molecule has 2 heterocycles. The minimum absolute atomic E-state index is 0.0844. The molecule has 7 nitrogen and oxygen atoms in total. The van der Waals surface area contributed by atoms with E-state index in [1.165, 1.54) is 0 Å². The van der Waals surface area contributed by atoms with Crippen LogP contribution in [-0.2, 0) is 18.4 Å². The van der Waals surface area contributed by atoms with Crippen LogP contribution in [-0.4, -0.2) is 37.1 Å². The highest BCUT2D eigenvalue weighted by molar-refractivity contribution is 5.70. The maximum Gasteiger partial charge on any atom is 0.306 e. The molecule has 0 bridgehead atoms. The Bertz CT molecular complexity index is 711. The maximum atomic E-state index is 11.1. The van der Waals surface area contributed by atoms with E-state index in [1.807, 2.05) is 12.1 Å². The first kappa shape index (κ1) is 16.4. The first-order valence-electron chi connectivity index (χ1n) is 8.06. The predicted octanol–water partition coefficient (Wildman–Crippen LogP) is 2.00. The summed E-state index contributed by atoms with van der Waals surface area (Å²) in [4.78, 5) is 15.5. The Morgan fingerprint density at radius 3 is 2.88 bits per heavy atom. The zero-order valence-corrected chi connectivity index (χ0v) is 13.6. The van der Waals surface area contributed by atoms with E-state index in [1.54, 1.807) is 24.1 Å². The van der Waals surface area contributed by atoms with Gasteiger partial charge < -0.3 is 14.9 Å². The van der Waals surface area contributed by atoms with Crippen LogP contribution >= 0.6 is 0 Å². The van der Waals surface area contributed by atoms with Crippen molar-refractivity contribution < 1.29 is 19.7 Å². The lowest BCUT2D eigenvalue weighted by Gasteiger charge is -2.27. The topological polar surface area (TPSA) is 97.5 Å². The van der Waals surface area contributed by atoms with Gasteiger partial charge >= 0.3 is 5.97 Å². The number of aryl methyl sites for hydroxylation is 1. The third-order valence-electron chi connectivity index (χ3n) is 4.50. The van der Waals surface area contributed by atoms with Gasteiger partial charge in [-0.2, -0.15) is 5.10 Å². The Morgan fingerprint density at radius 1 is 1.38 bits per heavy atom. The van der Waals surface area contributed by atoms with Gasteiger partial charge in [0, 0.05) is 12.6 Å². The summed E-state index contributed by atoms with van der Waals surface area (Å²) in [5.41, 5.74) is 2.20. The predicted molar refractivity (Wildman–Crippen MR) is 86.4 cm³/mol. The molecule has 0 aliphatic heterocycles. The summed E-state index contributed by atoms with van der Waals surface area (Å²) in [7, 11) is 1.77. The van der Waals surface area contributed by atoms with E-state index < -0.39 is 5.97 Å². The summed E-state index contributed by atoms with van der Waals surface area (Å²) in [5, 5.41) is 22.7. The molecule has 0 aromatic carbocycles. The number of pyridine rings is 1. The van der Waals surface area contributed by atoms with E-state index in [0.29, 0.717) is 23.6 Å². The minimum Gasteiger partial charge on any atom is -0.489 e. The fraction of sp³-hybridized carbons (Fsp3) is 0.471. The Balaban J connectivity index is 1.69. The summed E-state index contributed by atoms with van der Waals surface area (Å²) in [6, 6.07) is 3.64. The van der Waals surface area contributed by atoms with Gasteiger partial charge in [0.1, 0.15) is 5.75 Å². The minimum atomic E-state index is -0.745. The van der Waals surface area contributed by atoms with Crippen molar-refractivity contribution in [3.63, 3.8) is 0 Å². The number of aliphatic carboxylic acids is 1. The van der Waals surface area contributed by atoms with Crippen molar-refractivity contribution in [2.75, 3.05) is 0 Å². The van der Waals surface area contributed by atoms with Gasteiger partial charge in [0.25, 0.3) is 0 Å². The second-order valence-electron chi connectivity index (χ2n) is 6.11. The maximum absolute atomic E-state index is 11.1. The Morgan fingerprint density at radius 2 is 2.21 bits per heavy atom. The average Bonchev–Trinajstić information content (AvgIpc) is 2.96. The van der Waals surface area contributed by atoms with Crippen LogP contribution in [0.5, 0.6) is 5.75 Å². The van der Waals surface area contributed by atoms with E-state index in [-0.39, 0.29) is 18.6 Å². The molecule has 7 heteroatoms. The second kappa shape index (κ2) is 7.00. The molecule has 1 fully saturated rings. The molecule has 2 aromatic heterocycles. The number of carboxylic acid groups (broad SMARTS) is 1. The van der Waals surface area contributed by atoms with Crippen molar-refractivity contribution in [3.8, 4) is 17.0 Å². The Kier molecular flexibility index (Phi) is 4.80. The number of rotatable bonds is 5. The number of hydrogen-bond donors (Lipinski definition) is 2. The molecule has 2 aromatic rings. The molecule has 1 aliphatic rings. The van der Waals surface area contributed by atoms with Crippen molar-refractivity contribution in [2.24, 2.45) is 13.0 Å². The van der Waals surface area contributed by atoms with Crippen molar-refractivity contribution >= 4 is 5.97 Å². The van der Waals surface area contributed by atoms with E-state index in [0.717, 1.165) is 24.8 Å². The van der Waals surface area contributed by atoms with Crippen LogP contribution in [0.2, 0.25) is 0 Å². The Hall–Kier alpha value is -2.41. The molecule has 0 saturated heterocycles. The molecular formula is C17H21N3O4. The summed E-state index contributed by atoms with van der Waals surface area (Å²) < 4.78 is 7.51. The highest BCUT2D eigenvalue weighted by atomic mass is 16.5. The number of aliphatic hydroxyl groups is 1. The van der Waals surface area contributed by atoms with Crippen LogP contribution in [0.25, 0.3) is 11.3 Å². The van der Waals surface area contributed by atoms with Gasteiger partial charge in [-0.1, -0.05) is 0 Å². The molecule has 2 atom stereocenters. The molecule has 3 rings (SSSR count). The summed E-state index contributed by atoms with van der Waals surface area (Å²) >= 11 is 0. The van der Waals surface area contributed by atoms with Crippen molar-refractivity contribution in [3.05, 3.63) is 30.2 Å². The van der Waals surface area contributed by atoms with Crippen LogP contribution in [0, 0.1) is 5.92 Å². The molecule has 0 amide bonds. The lowest BCUT2D eigenvalue weighted by molar-refractivity contribution is -0.143. The van der Waals surface area contributed by atoms with Crippen LogP contribution in [0.3, 0.4) is 0 Å². The van der Waals surface area contributed by atoms with E-state index >= 15 is 0 Å². The first-order chi connectivity index (χ1) is 11.6. The molecule has 0 spiro atoms. The summed E-state index contributed by atoms with van der Waals surface area (Å²) in [5.74, 6) is -0.437. The van der Waals surface area contributed by atoms with E-state index in [9.17, 15) is 9.90 Å². The number of ether oxygens (including phenoxy) is 1. The normalized spacial score (nSPS) is 20.8. The summed E-state index contributed by atoms with van der Waals surface area (Å²) in [6.45, 7) is -0.107. The van der Waals surface area contributed by atoms with Crippen molar-refractivity contribution in [1.82, 2.24) is 14.8 Å². The third kappa shape index (κ3) is 3.41. The van der Waals surface area contributed by atoms with Crippen molar-refractivity contribution in [2.45, 2.75) is 38.4 Å². The first-order valence-corrected chi connectivity index (χ1v) is 8.06. The van der Waals surface area contributed by atoms with Gasteiger partial charge in [-0.25, -0.2) is 0 Å². The number of aromatic nitrogens is 3. The SMILES string of the molecule is Cn1ncc(-c2ccc(OC3CCCC(C(=O)O)C3)cn2)c1CO. The fourth-order valence-corrected chi connectivity index (χ4v) is 3.14. The molecule has 1 aliphatic carbocycles. The van der Waals surface area contributed by atoms with Gasteiger partial charge in [-0.3, -0.25) is 14.5 Å². The standard InChI is InChI=1S/C17H21N3O4/c1-20-16(10-21)14(9-19-20)15-6-5-13(8-18-15)24-12-4-2-3-11(7-12)17(22)23/h5-6,8-9,11-12,21H,2-4,7,10H2,1H3,(H,22,23). The van der Waals surface area contributed by atoms with Crippen molar-refractivity contribution in [1.29, 1.82) is 0 Å². The number of carbonyl (C=O) groups is 1. The largest absolute Gasteiger partial charge is 0.489 e. The monoisotopic (exact) mass is 331 g/mol. The number of aliphatic hydroxyl groups excluding tert-OH is 1. The van der Waals surface area contributed by atoms with Gasteiger partial charge in [0.15, 0.2) is 0 Å². The molecule has 0 radical (unpaired) electrons. The van der Waals surface area contributed by atoms with Gasteiger partial charge in [0.2, 0.25) is 0 Å². The molecule has 2 unspecified atom stereocenters. The zero-order chi connectivity index (χ0) is 17.1. The molecule has 24 heavy (non-hydrogen) atoms. The van der Waals surface area contributed by atoms with Gasteiger partial charge in [-0.15, -0.1) is 0 Å². The highest BCUT2D eigenvalue weighted by Crippen LogP contribution is 2.29. The second-order valence-corrected chi connectivity index (χ2v) is 6.11. The fourth-order valence-electron chi connectivity index (χ4n) is 3.14. The van der Waals surface area contributed by atoms with Crippen LogP contribution in [0.1, 0.15) is 31.4 Å². The van der Waals surface area contributed by atoms with Gasteiger partial charge in [-0.05, 0) is 37.8 Å². The number of hydrogen-bond acceptors (Lipinski definition) is 5. The lowest BCUT2D eigenvalue weighted by atomic mass is 9.87. The molecule has 1 saturated carbocycles. The molecule has 2 N–H and O–H groups in total. The van der Waals surface area contributed by atoms with E-state index in [2.05, 4.69) is 10.1 Å². The zero-order valence-electron chi connectivity index (χ0n) is 13.6. The lowest BCUT2D eigenvalue weighted by Crippen LogP contribution is -2.29. The van der Waals surface area contributed by atoms with Crippen LogP contribution < -0.4 is 4.74 Å².